The summed E-state index contributed by atoms with van der Waals surface area (Å²) in [5.74, 6) is 0.384. The minimum Gasteiger partial charge on any atom is -0.380 e. The molecule has 1 aliphatic carbocycles. The molecule has 2 aliphatic rings. The van der Waals surface area contributed by atoms with Gasteiger partial charge in [-0.25, -0.2) is 14.1 Å². The van der Waals surface area contributed by atoms with E-state index in [0.717, 1.165) is 23.8 Å². The number of nitrogens with zero attached hydrogens (tertiary/aromatic N) is 4. The zero-order valence-corrected chi connectivity index (χ0v) is 19.4. The maximum absolute atomic E-state index is 14.4. The van der Waals surface area contributed by atoms with Crippen LogP contribution in [0.25, 0.3) is 16.7 Å². The number of nitrogens with one attached hydrogen (secondary N) is 2. The fraction of sp³-hybridized carbons (Fsp3) is 0.455. The molecule has 1 unspecified atom stereocenters. The first-order chi connectivity index (χ1) is 15.4. The Bertz CT molecular complexity index is 1200. The number of halogens is 2. The van der Waals surface area contributed by atoms with Crippen LogP contribution in [-0.4, -0.2) is 52.0 Å². The van der Waals surface area contributed by atoms with Crippen molar-refractivity contribution in [2.45, 2.75) is 38.1 Å². The Morgan fingerprint density at radius 1 is 1.34 bits per heavy atom. The molecule has 10 heteroatoms. The summed E-state index contributed by atoms with van der Waals surface area (Å²) in [4.78, 5) is 21.3. The Morgan fingerprint density at radius 3 is 2.88 bits per heavy atom. The first-order valence-corrected chi connectivity index (χ1v) is 11.4. The number of rotatable bonds is 5. The molecule has 2 atom stereocenters. The van der Waals surface area contributed by atoms with Gasteiger partial charge in [0.15, 0.2) is 5.65 Å². The van der Waals surface area contributed by atoms with E-state index in [4.69, 9.17) is 4.74 Å². The summed E-state index contributed by atoms with van der Waals surface area (Å²) in [7, 11) is 1.67. The average molecular weight is 503 g/mol. The van der Waals surface area contributed by atoms with Gasteiger partial charge in [0.25, 0.3) is 0 Å². The van der Waals surface area contributed by atoms with Gasteiger partial charge in [0.05, 0.1) is 24.3 Å². The summed E-state index contributed by atoms with van der Waals surface area (Å²) in [6, 6.07) is 5.01. The fourth-order valence-corrected chi connectivity index (χ4v) is 4.99. The van der Waals surface area contributed by atoms with E-state index in [0.29, 0.717) is 41.5 Å². The lowest BCUT2D eigenvalue weighted by molar-refractivity contribution is -0.129. The van der Waals surface area contributed by atoms with Crippen LogP contribution in [-0.2, 0) is 9.53 Å². The number of hydrogen-bond acceptors (Lipinski definition) is 6. The average Bonchev–Trinajstić information content (AvgIpc) is 3.26. The highest BCUT2D eigenvalue weighted by Crippen LogP contribution is 2.39. The van der Waals surface area contributed by atoms with Crippen molar-refractivity contribution < 1.29 is 13.9 Å². The molecule has 5 rings (SSSR count). The van der Waals surface area contributed by atoms with Crippen LogP contribution < -0.4 is 10.6 Å². The van der Waals surface area contributed by atoms with Gasteiger partial charge in [-0.15, -0.1) is 0 Å². The van der Waals surface area contributed by atoms with Gasteiger partial charge in [0.1, 0.15) is 10.4 Å². The second-order valence-electron chi connectivity index (χ2n) is 8.83. The fourth-order valence-electron chi connectivity index (χ4n) is 4.56. The number of hydrogen-bond donors (Lipinski definition) is 2. The molecule has 2 fully saturated rings. The van der Waals surface area contributed by atoms with Crippen molar-refractivity contribution in [1.29, 1.82) is 0 Å². The minimum absolute atomic E-state index is 0.0546. The van der Waals surface area contributed by atoms with E-state index in [-0.39, 0.29) is 23.7 Å². The van der Waals surface area contributed by atoms with E-state index >= 15 is 0 Å². The van der Waals surface area contributed by atoms with Crippen molar-refractivity contribution in [3.8, 4) is 5.69 Å². The topological polar surface area (TPSA) is 94.0 Å². The van der Waals surface area contributed by atoms with Crippen LogP contribution in [0.4, 0.5) is 10.3 Å². The number of fused-ring (bicyclic) bond motifs is 1. The molecule has 0 spiro atoms. The van der Waals surface area contributed by atoms with Gasteiger partial charge in [-0.05, 0) is 59.0 Å². The van der Waals surface area contributed by atoms with E-state index in [1.165, 1.54) is 6.07 Å². The Labute approximate surface area is 193 Å². The third-order valence-corrected chi connectivity index (χ3v) is 7.07. The molecule has 32 heavy (non-hydrogen) atoms. The highest BCUT2D eigenvalue weighted by atomic mass is 79.9. The molecule has 3 aromatic rings. The van der Waals surface area contributed by atoms with Crippen molar-refractivity contribution >= 4 is 38.8 Å². The molecule has 1 saturated heterocycles. The lowest BCUT2D eigenvalue weighted by Gasteiger charge is -2.26. The predicted octanol–water partition coefficient (Wildman–Crippen LogP) is 3.55. The summed E-state index contributed by atoms with van der Waals surface area (Å²) in [6.07, 6.45) is 4.05. The number of ether oxygens (including phenoxy) is 1. The van der Waals surface area contributed by atoms with E-state index in [1.54, 1.807) is 24.0 Å². The lowest BCUT2D eigenvalue weighted by atomic mass is 9.87. The van der Waals surface area contributed by atoms with Gasteiger partial charge in [-0.2, -0.15) is 10.1 Å². The summed E-state index contributed by atoms with van der Waals surface area (Å²) >= 11 is 3.47. The summed E-state index contributed by atoms with van der Waals surface area (Å²) < 4.78 is 21.9. The van der Waals surface area contributed by atoms with Gasteiger partial charge in [0, 0.05) is 30.6 Å². The van der Waals surface area contributed by atoms with Crippen molar-refractivity contribution in [2.24, 2.45) is 5.41 Å². The van der Waals surface area contributed by atoms with E-state index in [9.17, 15) is 9.18 Å². The van der Waals surface area contributed by atoms with Gasteiger partial charge < -0.3 is 15.4 Å². The third-order valence-electron chi connectivity index (χ3n) is 6.49. The molecule has 1 saturated carbocycles. The first-order valence-electron chi connectivity index (χ1n) is 10.6. The summed E-state index contributed by atoms with van der Waals surface area (Å²) in [5, 5.41) is 11.4. The Kier molecular flexibility index (Phi) is 5.37. The van der Waals surface area contributed by atoms with Crippen LogP contribution in [0.2, 0.25) is 0 Å². The third kappa shape index (κ3) is 3.75. The quantitative estimate of drug-likeness (QED) is 0.554. The van der Waals surface area contributed by atoms with Crippen LogP contribution in [0, 0.1) is 11.2 Å². The van der Waals surface area contributed by atoms with Crippen LogP contribution in [0.1, 0.15) is 37.7 Å². The molecular weight excluding hydrogens is 479 g/mol. The van der Waals surface area contributed by atoms with Gasteiger partial charge in [0.2, 0.25) is 11.9 Å². The number of carbonyl (C=O) groups is 1. The molecule has 8 nitrogen and oxygen atoms in total. The van der Waals surface area contributed by atoms with Crippen molar-refractivity contribution in [3.63, 3.8) is 0 Å². The molecule has 168 valence electrons. The van der Waals surface area contributed by atoms with E-state index < -0.39 is 5.41 Å². The SMILES string of the molecule is CNC(=O)[C@]1(C)CCC(Nc2ncc3c(Br)nn(-c4cc(F)cc(C5COC5)c4)c3n2)C1. The zero-order chi connectivity index (χ0) is 22.5. The smallest absolute Gasteiger partial charge is 0.225 e. The van der Waals surface area contributed by atoms with Crippen molar-refractivity contribution in [3.05, 3.63) is 40.4 Å². The van der Waals surface area contributed by atoms with Crippen LogP contribution >= 0.6 is 15.9 Å². The molecule has 2 aromatic heterocycles. The Balaban J connectivity index is 1.46. The minimum atomic E-state index is -0.398. The number of amides is 1. The van der Waals surface area contributed by atoms with Gasteiger partial charge in [-0.1, -0.05) is 6.92 Å². The second-order valence-corrected chi connectivity index (χ2v) is 9.59. The first kappa shape index (κ1) is 21.3. The standard InChI is InChI=1S/C22H24BrFN6O2/c1-22(20(31)25-2)4-3-15(8-22)27-21-26-9-17-18(23)29-30(19(17)28-21)16-6-12(5-14(24)7-16)13-10-32-11-13/h5-7,9,13,15H,3-4,8,10-11H2,1-2H3,(H,25,31)(H,26,27,28)/t15?,22-/m1/s1. The van der Waals surface area contributed by atoms with Crippen molar-refractivity contribution in [2.75, 3.05) is 25.6 Å². The predicted molar refractivity (Wildman–Crippen MR) is 121 cm³/mol. The molecule has 1 amide bonds. The maximum Gasteiger partial charge on any atom is 0.225 e. The molecular formula is C22H24BrFN6O2. The second kappa shape index (κ2) is 8.08. The number of anilines is 1. The zero-order valence-electron chi connectivity index (χ0n) is 17.9. The van der Waals surface area contributed by atoms with Gasteiger partial charge >= 0.3 is 0 Å². The largest absolute Gasteiger partial charge is 0.380 e. The highest BCUT2D eigenvalue weighted by molar-refractivity contribution is 9.10. The molecule has 2 N–H and O–H groups in total. The Morgan fingerprint density at radius 2 is 2.16 bits per heavy atom. The van der Waals surface area contributed by atoms with Crippen LogP contribution in [0.15, 0.2) is 29.0 Å². The normalized spacial score (nSPS) is 23.3. The maximum atomic E-state index is 14.4. The van der Waals surface area contributed by atoms with E-state index in [1.807, 2.05) is 13.0 Å². The summed E-state index contributed by atoms with van der Waals surface area (Å²) in [5.41, 5.74) is 1.66. The molecule has 1 aliphatic heterocycles. The highest BCUT2D eigenvalue weighted by Gasteiger charge is 2.41. The van der Waals surface area contributed by atoms with Crippen LogP contribution in [0.3, 0.4) is 0 Å². The molecule has 0 bridgehead atoms. The lowest BCUT2D eigenvalue weighted by Crippen LogP contribution is -2.35. The Hall–Kier alpha value is -2.59. The number of benzene rings is 1. The number of carbonyl (C=O) groups excluding carboxylic acids is 1. The van der Waals surface area contributed by atoms with Crippen LogP contribution in [0.5, 0.6) is 0 Å². The molecule has 1 aromatic carbocycles. The molecule has 3 heterocycles. The summed E-state index contributed by atoms with van der Waals surface area (Å²) in [6.45, 7) is 3.18. The number of aromatic nitrogens is 4. The van der Waals surface area contributed by atoms with E-state index in [2.05, 4.69) is 41.6 Å². The van der Waals surface area contributed by atoms with Gasteiger partial charge in [-0.3, -0.25) is 4.79 Å². The monoisotopic (exact) mass is 502 g/mol. The van der Waals surface area contributed by atoms with Crippen molar-refractivity contribution in [1.82, 2.24) is 25.1 Å². The molecule has 0 radical (unpaired) electrons.